The highest BCUT2D eigenvalue weighted by molar-refractivity contribution is 6.05. The Balaban J connectivity index is 1.22. The lowest BCUT2D eigenvalue weighted by molar-refractivity contribution is 0.0264. The number of benzene rings is 1. The number of piperazine rings is 1. The minimum absolute atomic E-state index is 0.305. The van der Waals surface area contributed by atoms with E-state index >= 15 is 0 Å². The average molecular weight is 571 g/mol. The lowest BCUT2D eigenvalue weighted by atomic mass is 9.89. The lowest BCUT2D eigenvalue weighted by Gasteiger charge is -2.44. The third-order valence-corrected chi connectivity index (χ3v) is 8.68. The molecule has 0 radical (unpaired) electrons. The van der Waals surface area contributed by atoms with E-state index in [0.717, 1.165) is 62.8 Å². The first kappa shape index (κ1) is 28.3. The molecule has 3 N–H and O–H groups in total. The molecule has 1 atom stereocenters. The number of ether oxygens (including phenoxy) is 1. The molecule has 0 unspecified atom stereocenters. The summed E-state index contributed by atoms with van der Waals surface area (Å²) >= 11 is 0. The van der Waals surface area contributed by atoms with Crippen molar-refractivity contribution in [1.29, 1.82) is 0 Å². The van der Waals surface area contributed by atoms with Gasteiger partial charge >= 0.3 is 0 Å². The van der Waals surface area contributed by atoms with Gasteiger partial charge in [-0.1, -0.05) is 0 Å². The van der Waals surface area contributed by atoms with Crippen molar-refractivity contribution in [3.05, 3.63) is 65.4 Å². The Bertz CT molecular complexity index is 1640. The molecule has 2 aliphatic rings. The van der Waals surface area contributed by atoms with Crippen LogP contribution in [0.1, 0.15) is 61.6 Å². The van der Waals surface area contributed by atoms with Crippen LogP contribution in [0, 0.1) is 6.57 Å². The molecule has 1 saturated heterocycles. The van der Waals surface area contributed by atoms with Crippen molar-refractivity contribution in [2.75, 3.05) is 38.7 Å². The van der Waals surface area contributed by atoms with Crippen LogP contribution < -0.4 is 10.6 Å². The SMILES string of the molecule is [C-]#[N+]c1cnn2c(C(=O)Nc3cc4cn(C5CCC(N6CCNC[C@H]6COC)CC5)nc4cc3C(C)(C)O)ccc2c1. The summed E-state index contributed by atoms with van der Waals surface area (Å²) in [7, 11) is 1.78. The fourth-order valence-electron chi connectivity index (χ4n) is 6.55. The number of carbonyl (C=O) groups excluding carboxylic acids is 1. The fraction of sp³-hybridized carbons (Fsp3) is 0.484. The maximum atomic E-state index is 13.4. The number of methoxy groups -OCH3 is 1. The molecule has 1 aromatic carbocycles. The molecule has 11 nitrogen and oxygen atoms in total. The van der Waals surface area contributed by atoms with Crippen molar-refractivity contribution in [2.24, 2.45) is 0 Å². The standard InChI is InChI=1S/C31H38N8O3/c1-31(2,41)26-15-27-20(13-28(26)35-30(40)29-10-9-24-14-21(32-3)16-34-39(24)29)18-38(36-27)23-7-5-22(6-8-23)37-12-11-33-17-25(37)19-42-4/h9-10,13-16,18,22-23,25,33,41H,5-8,11-12,17,19H2,1-2,4H3,(H,35,40)/t22?,23?,25-/m0/s1. The molecule has 3 aromatic heterocycles. The van der Waals surface area contributed by atoms with Crippen LogP contribution in [0.5, 0.6) is 0 Å². The molecule has 11 heteroatoms. The van der Waals surface area contributed by atoms with E-state index in [2.05, 4.69) is 36.4 Å². The van der Waals surface area contributed by atoms with Crippen LogP contribution in [-0.2, 0) is 10.3 Å². The van der Waals surface area contributed by atoms with Gasteiger partial charge in [-0.25, -0.2) is 9.36 Å². The molecule has 6 rings (SSSR count). The quantitative estimate of drug-likeness (QED) is 0.287. The number of aromatic nitrogens is 4. The zero-order valence-electron chi connectivity index (χ0n) is 24.4. The maximum absolute atomic E-state index is 13.4. The first-order chi connectivity index (χ1) is 20.2. The number of hydrogen-bond donors (Lipinski definition) is 3. The average Bonchev–Trinajstić information content (AvgIpc) is 3.60. The highest BCUT2D eigenvalue weighted by Crippen LogP contribution is 2.36. The molecule has 1 aliphatic carbocycles. The zero-order valence-corrected chi connectivity index (χ0v) is 24.4. The molecule has 4 aromatic rings. The van der Waals surface area contributed by atoms with Crippen LogP contribution in [0.2, 0.25) is 0 Å². The van der Waals surface area contributed by atoms with E-state index in [1.165, 1.54) is 10.7 Å². The topological polar surface area (TPSA) is 113 Å². The Morgan fingerprint density at radius 2 is 2.00 bits per heavy atom. The smallest absolute Gasteiger partial charge is 0.274 e. The predicted octanol–water partition coefficient (Wildman–Crippen LogP) is 4.12. The second-order valence-corrected chi connectivity index (χ2v) is 12.0. The first-order valence-corrected chi connectivity index (χ1v) is 14.6. The summed E-state index contributed by atoms with van der Waals surface area (Å²) < 4.78 is 9.07. The van der Waals surface area contributed by atoms with Crippen molar-refractivity contribution in [1.82, 2.24) is 29.6 Å². The normalized spacial score (nSPS) is 21.9. The van der Waals surface area contributed by atoms with Crippen molar-refractivity contribution in [2.45, 2.75) is 63.3 Å². The van der Waals surface area contributed by atoms with Gasteiger partial charge in [0, 0.05) is 61.7 Å². The number of fused-ring (bicyclic) bond motifs is 2. The number of anilines is 1. The number of nitrogens with one attached hydrogen (secondary N) is 2. The second kappa shape index (κ2) is 11.5. The predicted molar refractivity (Wildman–Crippen MR) is 161 cm³/mol. The molecular formula is C31H38N8O3. The van der Waals surface area contributed by atoms with Gasteiger partial charge in [0.25, 0.3) is 5.91 Å². The minimum Gasteiger partial charge on any atom is -0.386 e. The van der Waals surface area contributed by atoms with E-state index in [4.69, 9.17) is 16.4 Å². The summed E-state index contributed by atoms with van der Waals surface area (Å²) in [6.07, 6.45) is 7.83. The van der Waals surface area contributed by atoms with Gasteiger partial charge in [-0.05, 0) is 69.9 Å². The number of rotatable bonds is 7. The van der Waals surface area contributed by atoms with Crippen LogP contribution in [0.4, 0.5) is 11.4 Å². The van der Waals surface area contributed by atoms with Crippen molar-refractivity contribution in [3.63, 3.8) is 0 Å². The van der Waals surface area contributed by atoms with Crippen LogP contribution >= 0.6 is 0 Å². The molecule has 0 bridgehead atoms. The summed E-state index contributed by atoms with van der Waals surface area (Å²) in [5, 5.41) is 27.6. The minimum atomic E-state index is -1.20. The van der Waals surface area contributed by atoms with Gasteiger partial charge in [0.1, 0.15) is 5.69 Å². The van der Waals surface area contributed by atoms with E-state index in [0.29, 0.717) is 46.3 Å². The van der Waals surface area contributed by atoms with Gasteiger partial charge in [-0.3, -0.25) is 14.4 Å². The van der Waals surface area contributed by atoms with Gasteiger partial charge in [0.2, 0.25) is 5.69 Å². The third-order valence-electron chi connectivity index (χ3n) is 8.68. The molecule has 1 saturated carbocycles. The van der Waals surface area contributed by atoms with E-state index < -0.39 is 5.60 Å². The molecule has 0 spiro atoms. The molecule has 1 amide bonds. The van der Waals surface area contributed by atoms with Crippen molar-refractivity contribution in [3.8, 4) is 0 Å². The number of amides is 1. The van der Waals surface area contributed by atoms with Gasteiger partial charge in [-0.2, -0.15) is 10.2 Å². The van der Waals surface area contributed by atoms with Gasteiger partial charge in [0.15, 0.2) is 0 Å². The number of nitrogens with zero attached hydrogens (tertiary/aromatic N) is 6. The summed E-state index contributed by atoms with van der Waals surface area (Å²) in [6, 6.07) is 10.2. The zero-order chi connectivity index (χ0) is 29.4. The Labute approximate surface area is 245 Å². The van der Waals surface area contributed by atoms with Crippen molar-refractivity contribution < 1.29 is 14.6 Å². The Morgan fingerprint density at radius 1 is 1.21 bits per heavy atom. The van der Waals surface area contributed by atoms with E-state index in [1.54, 1.807) is 39.2 Å². The van der Waals surface area contributed by atoms with Gasteiger partial charge < -0.3 is 20.5 Å². The molecule has 220 valence electrons. The molecule has 2 fully saturated rings. The molecule has 4 heterocycles. The van der Waals surface area contributed by atoms with Crippen molar-refractivity contribution >= 4 is 33.7 Å². The molecule has 1 aliphatic heterocycles. The lowest BCUT2D eigenvalue weighted by Crippen LogP contribution is -2.57. The summed E-state index contributed by atoms with van der Waals surface area (Å²) in [5.41, 5.74) is 2.11. The van der Waals surface area contributed by atoms with Gasteiger partial charge in [0.05, 0.1) is 42.1 Å². The Kier molecular flexibility index (Phi) is 7.72. The van der Waals surface area contributed by atoms with Crippen LogP contribution in [0.3, 0.4) is 0 Å². The number of aliphatic hydroxyl groups is 1. The Hall–Kier alpha value is -3.82. The fourth-order valence-corrected chi connectivity index (χ4v) is 6.55. The van der Waals surface area contributed by atoms with Crippen LogP contribution in [0.25, 0.3) is 21.3 Å². The van der Waals surface area contributed by atoms with Gasteiger partial charge in [-0.15, -0.1) is 0 Å². The molecule has 42 heavy (non-hydrogen) atoms. The summed E-state index contributed by atoms with van der Waals surface area (Å²) in [4.78, 5) is 19.4. The summed E-state index contributed by atoms with van der Waals surface area (Å²) in [6.45, 7) is 14.4. The Morgan fingerprint density at radius 3 is 2.74 bits per heavy atom. The van der Waals surface area contributed by atoms with E-state index in [1.807, 2.05) is 12.1 Å². The number of carbonyl (C=O) groups is 1. The maximum Gasteiger partial charge on any atom is 0.274 e. The third kappa shape index (κ3) is 5.51. The summed E-state index contributed by atoms with van der Waals surface area (Å²) in [5.74, 6) is -0.353. The van der Waals surface area contributed by atoms with E-state index in [9.17, 15) is 9.90 Å². The van der Waals surface area contributed by atoms with Crippen LogP contribution in [-0.4, -0.2) is 80.7 Å². The van der Waals surface area contributed by atoms with Crippen LogP contribution in [0.15, 0.2) is 42.7 Å². The highest BCUT2D eigenvalue weighted by Gasteiger charge is 2.33. The monoisotopic (exact) mass is 570 g/mol. The second-order valence-electron chi connectivity index (χ2n) is 12.0. The molecular weight excluding hydrogens is 532 g/mol. The highest BCUT2D eigenvalue weighted by atomic mass is 16.5. The number of hydrogen-bond acceptors (Lipinski definition) is 7. The largest absolute Gasteiger partial charge is 0.386 e. The first-order valence-electron chi connectivity index (χ1n) is 14.6. The van der Waals surface area contributed by atoms with E-state index in [-0.39, 0.29) is 5.91 Å².